The molecule has 2 aromatic heterocycles. The topological polar surface area (TPSA) is 83.0 Å². The molecule has 4 rings (SSSR count). The Morgan fingerprint density at radius 3 is 2.44 bits per heavy atom. The van der Waals surface area contributed by atoms with Gasteiger partial charge in [-0.15, -0.1) is 21.5 Å². The van der Waals surface area contributed by atoms with Crippen LogP contribution in [-0.4, -0.2) is 33.9 Å². The fourth-order valence-corrected chi connectivity index (χ4v) is 4.54. The molecule has 3 aromatic rings. The largest absolute Gasteiger partial charge is 0.381 e. The third kappa shape index (κ3) is 2.75. The minimum Gasteiger partial charge on any atom is -0.381 e. The van der Waals surface area contributed by atoms with E-state index in [0.717, 1.165) is 21.7 Å². The number of carbonyl (C=O) groups is 1. The van der Waals surface area contributed by atoms with Crippen LogP contribution in [0.4, 0.5) is 0 Å². The smallest absolute Gasteiger partial charge is 0.229 e. The molecule has 1 amide bonds. The summed E-state index contributed by atoms with van der Waals surface area (Å²) in [5.41, 5.74) is 8.32. The summed E-state index contributed by atoms with van der Waals surface area (Å²) in [5.74, 6) is -0.263. The molecule has 2 N–H and O–H groups in total. The summed E-state index contributed by atoms with van der Waals surface area (Å²) < 4.78 is 7.31. The second kappa shape index (κ2) is 6.42. The number of thiophene rings is 1. The lowest BCUT2D eigenvalue weighted by atomic mass is 9.76. The van der Waals surface area contributed by atoms with Gasteiger partial charge >= 0.3 is 0 Å². The highest BCUT2D eigenvalue weighted by atomic mass is 32.1. The molecule has 3 heterocycles. The molecule has 0 radical (unpaired) electrons. The van der Waals surface area contributed by atoms with Crippen LogP contribution < -0.4 is 5.73 Å². The average Bonchev–Trinajstić information content (AvgIpc) is 3.34. The van der Waals surface area contributed by atoms with Crippen molar-refractivity contribution in [3.05, 3.63) is 53.2 Å². The van der Waals surface area contributed by atoms with Gasteiger partial charge in [0.25, 0.3) is 0 Å². The summed E-state index contributed by atoms with van der Waals surface area (Å²) in [6.07, 6.45) is 4.59. The number of amides is 1. The summed E-state index contributed by atoms with van der Waals surface area (Å²) in [7, 11) is 0. The highest BCUT2D eigenvalue weighted by Crippen LogP contribution is 2.43. The average molecular weight is 354 g/mol. The summed E-state index contributed by atoms with van der Waals surface area (Å²) in [6.45, 7) is 1.12. The lowest BCUT2D eigenvalue weighted by molar-refractivity contribution is -0.126. The van der Waals surface area contributed by atoms with E-state index in [-0.39, 0.29) is 5.91 Å². The second-order valence-corrected chi connectivity index (χ2v) is 7.05. The van der Waals surface area contributed by atoms with Crippen molar-refractivity contribution >= 4 is 17.2 Å². The molecule has 0 atom stereocenters. The van der Waals surface area contributed by atoms with Crippen LogP contribution in [-0.2, 0) is 14.9 Å². The van der Waals surface area contributed by atoms with Crippen molar-refractivity contribution in [1.29, 1.82) is 0 Å². The first-order valence-electron chi connectivity index (χ1n) is 8.12. The fourth-order valence-electron chi connectivity index (χ4n) is 3.36. The zero-order chi connectivity index (χ0) is 17.3. The minimum absolute atomic E-state index is 0.263. The molecule has 1 fully saturated rings. The van der Waals surface area contributed by atoms with Gasteiger partial charge in [0, 0.05) is 23.8 Å². The molecule has 0 aliphatic carbocycles. The maximum Gasteiger partial charge on any atom is 0.229 e. The Kier molecular flexibility index (Phi) is 4.10. The fraction of sp³-hybridized carbons (Fsp3) is 0.278. The standard InChI is InChI=1S/C18H18N4O2S/c19-17(23)18(6-8-24-9-7-18)16-15(5-10-25-16)13-1-3-14(4-2-13)22-11-20-21-12-22/h1-5,10-12H,6-9H2,(H2,19,23). The van der Waals surface area contributed by atoms with Crippen molar-refractivity contribution in [2.45, 2.75) is 18.3 Å². The van der Waals surface area contributed by atoms with Crippen molar-refractivity contribution in [2.24, 2.45) is 5.73 Å². The lowest BCUT2D eigenvalue weighted by Crippen LogP contribution is -2.45. The number of hydrogen-bond donors (Lipinski definition) is 1. The third-order valence-electron chi connectivity index (χ3n) is 4.81. The Morgan fingerprint density at radius 2 is 1.80 bits per heavy atom. The summed E-state index contributed by atoms with van der Waals surface area (Å²) in [6, 6.07) is 10.2. The molecule has 1 aromatic carbocycles. The third-order valence-corrected chi connectivity index (χ3v) is 5.93. The molecule has 0 bridgehead atoms. The van der Waals surface area contributed by atoms with Crippen LogP contribution >= 0.6 is 11.3 Å². The van der Waals surface area contributed by atoms with E-state index in [0.29, 0.717) is 26.1 Å². The van der Waals surface area contributed by atoms with Crippen LogP contribution in [0.15, 0.2) is 48.4 Å². The van der Waals surface area contributed by atoms with Crippen molar-refractivity contribution in [2.75, 3.05) is 13.2 Å². The van der Waals surface area contributed by atoms with Gasteiger partial charge in [-0.2, -0.15) is 0 Å². The Labute approximate surface area is 149 Å². The molecule has 1 aliphatic heterocycles. The van der Waals surface area contributed by atoms with E-state index in [1.165, 1.54) is 0 Å². The number of carbonyl (C=O) groups excluding carboxylic acids is 1. The second-order valence-electron chi connectivity index (χ2n) is 6.14. The summed E-state index contributed by atoms with van der Waals surface area (Å²) in [4.78, 5) is 13.4. The number of ether oxygens (including phenoxy) is 1. The first-order valence-corrected chi connectivity index (χ1v) is 9.00. The molecular weight excluding hydrogens is 336 g/mol. The Bertz CT molecular complexity index is 865. The van der Waals surface area contributed by atoms with E-state index in [2.05, 4.69) is 28.4 Å². The van der Waals surface area contributed by atoms with Crippen LogP contribution in [0.3, 0.4) is 0 Å². The molecule has 1 aliphatic rings. The first kappa shape index (κ1) is 16.0. The van der Waals surface area contributed by atoms with Crippen molar-refractivity contribution < 1.29 is 9.53 Å². The van der Waals surface area contributed by atoms with Crippen LogP contribution in [0.25, 0.3) is 16.8 Å². The van der Waals surface area contributed by atoms with Gasteiger partial charge in [0.2, 0.25) is 5.91 Å². The minimum atomic E-state index is -0.630. The molecule has 25 heavy (non-hydrogen) atoms. The van der Waals surface area contributed by atoms with Gasteiger partial charge in [-0.05, 0) is 47.5 Å². The van der Waals surface area contributed by atoms with Gasteiger partial charge < -0.3 is 10.5 Å². The predicted octanol–water partition coefficient (Wildman–Crippen LogP) is 2.53. The monoisotopic (exact) mass is 354 g/mol. The van der Waals surface area contributed by atoms with Crippen LogP contribution in [0.1, 0.15) is 17.7 Å². The van der Waals surface area contributed by atoms with E-state index >= 15 is 0 Å². The van der Waals surface area contributed by atoms with Gasteiger partial charge in [-0.1, -0.05) is 12.1 Å². The van der Waals surface area contributed by atoms with Gasteiger partial charge in [-0.3, -0.25) is 9.36 Å². The Balaban J connectivity index is 1.73. The van der Waals surface area contributed by atoms with E-state index in [4.69, 9.17) is 10.5 Å². The molecule has 0 saturated carbocycles. The SMILES string of the molecule is NC(=O)C1(c2sccc2-c2ccc(-n3cnnc3)cc2)CCOCC1. The van der Waals surface area contributed by atoms with Crippen LogP contribution in [0.2, 0.25) is 0 Å². The number of primary amides is 1. The van der Waals surface area contributed by atoms with Gasteiger partial charge in [0.05, 0.1) is 5.41 Å². The van der Waals surface area contributed by atoms with Gasteiger partial charge in [0.1, 0.15) is 12.7 Å². The number of benzene rings is 1. The summed E-state index contributed by atoms with van der Waals surface area (Å²) >= 11 is 1.60. The van der Waals surface area contributed by atoms with Gasteiger partial charge in [-0.25, -0.2) is 0 Å². The van der Waals surface area contributed by atoms with Crippen LogP contribution in [0, 0.1) is 0 Å². The quantitative estimate of drug-likeness (QED) is 0.780. The molecule has 0 spiro atoms. The van der Waals surface area contributed by atoms with Gasteiger partial charge in [0.15, 0.2) is 0 Å². The van der Waals surface area contributed by atoms with E-state index in [1.807, 2.05) is 22.1 Å². The van der Waals surface area contributed by atoms with E-state index < -0.39 is 5.41 Å². The normalized spacial score (nSPS) is 16.6. The maximum absolute atomic E-state index is 12.3. The van der Waals surface area contributed by atoms with Crippen molar-refractivity contribution in [1.82, 2.24) is 14.8 Å². The summed E-state index contributed by atoms with van der Waals surface area (Å²) in [5, 5.41) is 9.68. The number of nitrogens with zero attached hydrogens (tertiary/aromatic N) is 3. The Hall–Kier alpha value is -2.51. The maximum atomic E-state index is 12.3. The molecule has 1 saturated heterocycles. The number of rotatable bonds is 4. The van der Waals surface area contributed by atoms with Crippen molar-refractivity contribution in [3.63, 3.8) is 0 Å². The zero-order valence-corrected chi connectivity index (χ0v) is 14.4. The Morgan fingerprint density at radius 1 is 1.12 bits per heavy atom. The first-order chi connectivity index (χ1) is 12.2. The van der Waals surface area contributed by atoms with E-state index in [9.17, 15) is 4.79 Å². The molecule has 7 heteroatoms. The molecule has 128 valence electrons. The highest BCUT2D eigenvalue weighted by Gasteiger charge is 2.42. The van der Waals surface area contributed by atoms with Crippen molar-refractivity contribution in [3.8, 4) is 16.8 Å². The number of hydrogen-bond acceptors (Lipinski definition) is 5. The molecule has 0 unspecified atom stereocenters. The predicted molar refractivity (Wildman–Crippen MR) is 95.6 cm³/mol. The molecular formula is C18H18N4O2S. The number of nitrogens with two attached hydrogens (primary N) is 1. The lowest BCUT2D eigenvalue weighted by Gasteiger charge is -2.34. The number of aromatic nitrogens is 3. The zero-order valence-electron chi connectivity index (χ0n) is 13.6. The van der Waals surface area contributed by atoms with Crippen LogP contribution in [0.5, 0.6) is 0 Å². The molecule has 6 nitrogen and oxygen atoms in total. The highest BCUT2D eigenvalue weighted by molar-refractivity contribution is 7.10. The van der Waals surface area contributed by atoms with E-state index in [1.54, 1.807) is 24.0 Å².